The number of nitrogens with one attached hydrogen (secondary N) is 2. The highest BCUT2D eigenvalue weighted by Gasteiger charge is 2.34. The molecule has 4 aromatic carbocycles. The molecule has 0 fully saturated rings. The summed E-state index contributed by atoms with van der Waals surface area (Å²) >= 11 is 0. The van der Waals surface area contributed by atoms with Gasteiger partial charge in [-0.25, -0.2) is 0 Å². The van der Waals surface area contributed by atoms with Crippen molar-refractivity contribution in [2.24, 2.45) is 0 Å². The van der Waals surface area contributed by atoms with E-state index in [1.54, 1.807) is 19.2 Å². The molecule has 0 saturated heterocycles. The van der Waals surface area contributed by atoms with E-state index in [-0.39, 0.29) is 18.4 Å². The zero-order chi connectivity index (χ0) is 27.5. The van der Waals surface area contributed by atoms with Crippen LogP contribution in [0.3, 0.4) is 0 Å². The fourth-order valence-electron chi connectivity index (χ4n) is 4.92. The molecule has 0 saturated carbocycles. The zero-order valence-electron chi connectivity index (χ0n) is 22.4. The van der Waals surface area contributed by atoms with Gasteiger partial charge < -0.3 is 20.1 Å². The van der Waals surface area contributed by atoms with E-state index in [1.807, 2.05) is 85.5 Å². The molecule has 4 aromatic rings. The molecule has 198 valence electrons. The van der Waals surface area contributed by atoms with E-state index < -0.39 is 6.17 Å². The van der Waals surface area contributed by atoms with Gasteiger partial charge in [-0.3, -0.25) is 14.5 Å². The number of anilines is 3. The Kier molecular flexibility index (Phi) is 7.23. The Hall–Kier alpha value is -4.78. The molecular weight excluding hydrogens is 490 g/mol. The smallest absolute Gasteiger partial charge is 0.262 e. The minimum absolute atomic E-state index is 0.0628. The summed E-state index contributed by atoms with van der Waals surface area (Å²) in [7, 11) is 1.63. The number of fused-ring (bicyclic) bond motifs is 1. The quantitative estimate of drug-likeness (QED) is 0.286. The number of rotatable bonds is 7. The lowest BCUT2D eigenvalue weighted by Gasteiger charge is -2.38. The number of carbonyl (C=O) groups excluding carboxylic acids is 2. The molecule has 1 aliphatic heterocycles. The van der Waals surface area contributed by atoms with Crippen LogP contribution in [-0.2, 0) is 11.4 Å². The van der Waals surface area contributed by atoms with Crippen LogP contribution < -0.4 is 25.0 Å². The van der Waals surface area contributed by atoms with Crippen LogP contribution in [0.1, 0.15) is 45.7 Å². The van der Waals surface area contributed by atoms with Gasteiger partial charge in [0.2, 0.25) is 5.91 Å². The van der Waals surface area contributed by atoms with Gasteiger partial charge in [0.1, 0.15) is 24.3 Å². The number of nitrogens with zero attached hydrogens (tertiary/aromatic N) is 1. The summed E-state index contributed by atoms with van der Waals surface area (Å²) in [5.74, 6) is 1.16. The van der Waals surface area contributed by atoms with Crippen LogP contribution in [0.2, 0.25) is 0 Å². The van der Waals surface area contributed by atoms with Crippen LogP contribution >= 0.6 is 0 Å². The number of benzene rings is 4. The number of para-hydroxylation sites is 1. The number of ether oxygens (including phenoxy) is 2. The zero-order valence-corrected chi connectivity index (χ0v) is 22.4. The van der Waals surface area contributed by atoms with E-state index in [1.165, 1.54) is 6.92 Å². The first-order valence-electron chi connectivity index (χ1n) is 12.8. The molecule has 0 spiro atoms. The van der Waals surface area contributed by atoms with Crippen molar-refractivity contribution >= 4 is 28.9 Å². The second kappa shape index (κ2) is 10.9. The molecule has 0 aliphatic carbocycles. The van der Waals surface area contributed by atoms with Crippen molar-refractivity contribution < 1.29 is 19.1 Å². The molecule has 0 radical (unpaired) electrons. The standard InChI is InChI=1S/C32H31N3O4/c1-20-15-21(2)17-26(16-20)35-31(34-29-8-6-5-7-28(29)32(35)37)23-9-14-30(38-4)24(18-23)19-39-27-12-10-25(11-13-27)33-22(3)36/h5-18,31,34H,19H2,1-4H3,(H,33,36). The Bertz CT molecular complexity index is 1510. The summed E-state index contributed by atoms with van der Waals surface area (Å²) in [4.78, 5) is 27.0. The molecule has 1 aliphatic rings. The third-order valence-electron chi connectivity index (χ3n) is 6.60. The molecular formula is C32H31N3O4. The van der Waals surface area contributed by atoms with Gasteiger partial charge >= 0.3 is 0 Å². The van der Waals surface area contributed by atoms with Crippen molar-refractivity contribution in [3.05, 3.63) is 113 Å². The molecule has 1 heterocycles. The van der Waals surface area contributed by atoms with Crippen molar-refractivity contribution in [1.29, 1.82) is 0 Å². The predicted octanol–water partition coefficient (Wildman–Crippen LogP) is 6.62. The molecule has 2 N–H and O–H groups in total. The summed E-state index contributed by atoms with van der Waals surface area (Å²) in [5.41, 5.74) is 6.87. The molecule has 5 rings (SSSR count). The van der Waals surface area contributed by atoms with Crippen LogP contribution in [0.15, 0.2) is 84.9 Å². The summed E-state index contributed by atoms with van der Waals surface area (Å²) in [6.07, 6.45) is -0.435. The highest BCUT2D eigenvalue weighted by atomic mass is 16.5. The topological polar surface area (TPSA) is 79.9 Å². The first kappa shape index (κ1) is 25.9. The Morgan fingerprint density at radius 1 is 0.949 bits per heavy atom. The van der Waals surface area contributed by atoms with Crippen LogP contribution in [0.4, 0.5) is 17.1 Å². The van der Waals surface area contributed by atoms with Gasteiger partial charge in [0.05, 0.1) is 12.7 Å². The lowest BCUT2D eigenvalue weighted by Crippen LogP contribution is -2.43. The number of carbonyl (C=O) groups is 2. The van der Waals surface area contributed by atoms with Gasteiger partial charge in [-0.2, -0.15) is 0 Å². The number of aryl methyl sites for hydroxylation is 2. The summed E-state index contributed by atoms with van der Waals surface area (Å²) < 4.78 is 11.7. The Balaban J connectivity index is 1.48. The number of hydrogen-bond donors (Lipinski definition) is 2. The monoisotopic (exact) mass is 521 g/mol. The largest absolute Gasteiger partial charge is 0.496 e. The number of amides is 2. The average Bonchev–Trinajstić information content (AvgIpc) is 2.91. The molecule has 1 atom stereocenters. The van der Waals surface area contributed by atoms with Crippen molar-refractivity contribution in [3.63, 3.8) is 0 Å². The Morgan fingerprint density at radius 3 is 2.36 bits per heavy atom. The predicted molar refractivity (Wildman–Crippen MR) is 154 cm³/mol. The molecule has 0 bridgehead atoms. The summed E-state index contributed by atoms with van der Waals surface area (Å²) in [6.45, 7) is 5.80. The summed E-state index contributed by atoms with van der Waals surface area (Å²) in [6, 6.07) is 26.8. The molecule has 1 unspecified atom stereocenters. The minimum Gasteiger partial charge on any atom is -0.496 e. The van der Waals surface area contributed by atoms with Crippen molar-refractivity contribution in [3.8, 4) is 11.5 Å². The van der Waals surface area contributed by atoms with Gasteiger partial charge in [-0.15, -0.1) is 0 Å². The van der Waals surface area contributed by atoms with Crippen LogP contribution in [0.25, 0.3) is 0 Å². The van der Waals surface area contributed by atoms with E-state index in [0.717, 1.165) is 33.6 Å². The second-order valence-electron chi connectivity index (χ2n) is 9.68. The third kappa shape index (κ3) is 5.57. The van der Waals surface area contributed by atoms with Crippen LogP contribution in [0.5, 0.6) is 11.5 Å². The molecule has 0 aromatic heterocycles. The SMILES string of the molecule is COc1ccc(C2Nc3ccccc3C(=O)N2c2cc(C)cc(C)c2)cc1COc1ccc(NC(C)=O)cc1. The molecule has 7 nitrogen and oxygen atoms in total. The van der Waals surface area contributed by atoms with Crippen molar-refractivity contribution in [2.75, 3.05) is 22.6 Å². The van der Waals surface area contributed by atoms with Crippen molar-refractivity contribution in [1.82, 2.24) is 0 Å². The van der Waals surface area contributed by atoms with Gasteiger partial charge in [-0.05, 0) is 91.2 Å². The highest BCUT2D eigenvalue weighted by molar-refractivity contribution is 6.12. The third-order valence-corrected chi connectivity index (χ3v) is 6.60. The van der Waals surface area contributed by atoms with Gasteiger partial charge in [-0.1, -0.05) is 24.3 Å². The molecule has 39 heavy (non-hydrogen) atoms. The van der Waals surface area contributed by atoms with Gasteiger partial charge in [0.25, 0.3) is 5.91 Å². The molecule has 2 amide bonds. The van der Waals surface area contributed by atoms with E-state index in [9.17, 15) is 9.59 Å². The first-order chi connectivity index (χ1) is 18.8. The van der Waals surface area contributed by atoms with Gasteiger partial charge in [0.15, 0.2) is 0 Å². The van der Waals surface area contributed by atoms with Gasteiger partial charge in [0, 0.05) is 29.5 Å². The maximum Gasteiger partial charge on any atom is 0.262 e. The van der Waals surface area contributed by atoms with E-state index >= 15 is 0 Å². The van der Waals surface area contributed by atoms with Crippen LogP contribution in [-0.4, -0.2) is 18.9 Å². The normalized spacial score (nSPS) is 14.3. The van der Waals surface area contributed by atoms with E-state index in [0.29, 0.717) is 22.7 Å². The lowest BCUT2D eigenvalue weighted by atomic mass is 10.00. The lowest BCUT2D eigenvalue weighted by molar-refractivity contribution is -0.114. The molecule has 7 heteroatoms. The Labute approximate surface area is 228 Å². The van der Waals surface area contributed by atoms with E-state index in [4.69, 9.17) is 9.47 Å². The maximum absolute atomic E-state index is 13.8. The number of methoxy groups -OCH3 is 1. The maximum atomic E-state index is 13.8. The second-order valence-corrected chi connectivity index (χ2v) is 9.68. The fourth-order valence-corrected chi connectivity index (χ4v) is 4.92. The first-order valence-corrected chi connectivity index (χ1v) is 12.8. The number of hydrogen-bond acceptors (Lipinski definition) is 5. The minimum atomic E-state index is -0.435. The Morgan fingerprint density at radius 2 is 1.67 bits per heavy atom. The average molecular weight is 522 g/mol. The fraction of sp³-hybridized carbons (Fsp3) is 0.188. The summed E-state index contributed by atoms with van der Waals surface area (Å²) in [5, 5.41) is 6.33. The van der Waals surface area contributed by atoms with Crippen LogP contribution in [0, 0.1) is 13.8 Å². The highest BCUT2D eigenvalue weighted by Crippen LogP contribution is 2.38. The van der Waals surface area contributed by atoms with E-state index in [2.05, 4.69) is 16.7 Å². The van der Waals surface area contributed by atoms with Crippen molar-refractivity contribution in [2.45, 2.75) is 33.5 Å².